The van der Waals surface area contributed by atoms with Crippen LogP contribution >= 0.6 is 0 Å². The van der Waals surface area contributed by atoms with Crippen LogP contribution in [0.4, 0.5) is 5.69 Å². The molecule has 0 bridgehead atoms. The van der Waals surface area contributed by atoms with Gasteiger partial charge < -0.3 is 10.1 Å². The molecule has 0 fully saturated rings. The summed E-state index contributed by atoms with van der Waals surface area (Å²) in [6.07, 6.45) is 5.32. The zero-order valence-corrected chi connectivity index (χ0v) is 15.5. The van der Waals surface area contributed by atoms with Gasteiger partial charge in [0.15, 0.2) is 0 Å². The first kappa shape index (κ1) is 17.7. The van der Waals surface area contributed by atoms with Crippen LogP contribution in [0.5, 0.6) is 5.75 Å². The molecule has 0 saturated carbocycles. The first-order valence-corrected chi connectivity index (χ1v) is 8.52. The van der Waals surface area contributed by atoms with Gasteiger partial charge in [-0.2, -0.15) is 10.2 Å². The zero-order chi connectivity index (χ0) is 18.7. The van der Waals surface area contributed by atoms with Crippen molar-refractivity contribution in [2.75, 3.05) is 12.4 Å². The second-order valence-corrected chi connectivity index (χ2v) is 6.08. The zero-order valence-electron chi connectivity index (χ0n) is 15.5. The highest BCUT2D eigenvalue weighted by Gasteiger charge is 2.13. The lowest BCUT2D eigenvalue weighted by Crippen LogP contribution is -2.13. The molecule has 0 unspecified atom stereocenters. The summed E-state index contributed by atoms with van der Waals surface area (Å²) in [7, 11) is 1.59. The van der Waals surface area contributed by atoms with E-state index in [0.29, 0.717) is 23.5 Å². The molecule has 0 atom stereocenters. The van der Waals surface area contributed by atoms with E-state index in [2.05, 4.69) is 22.4 Å². The predicted molar refractivity (Wildman–Crippen MR) is 99.7 cm³/mol. The minimum Gasteiger partial charge on any atom is -0.496 e. The van der Waals surface area contributed by atoms with Gasteiger partial charge in [0.1, 0.15) is 5.75 Å². The number of nitrogens with one attached hydrogen (secondary N) is 1. The molecule has 3 rings (SSSR count). The normalized spacial score (nSPS) is 10.8. The summed E-state index contributed by atoms with van der Waals surface area (Å²) in [6.45, 7) is 7.42. The molecule has 3 aromatic rings. The Morgan fingerprint density at radius 1 is 1.23 bits per heavy atom. The maximum absolute atomic E-state index is 12.5. The molecule has 26 heavy (non-hydrogen) atoms. The van der Waals surface area contributed by atoms with E-state index in [9.17, 15) is 4.79 Å². The summed E-state index contributed by atoms with van der Waals surface area (Å²) in [4.78, 5) is 12.5. The lowest BCUT2D eigenvalue weighted by atomic mass is 10.1. The number of aryl methyl sites for hydroxylation is 1. The second kappa shape index (κ2) is 7.43. The van der Waals surface area contributed by atoms with E-state index >= 15 is 0 Å². The summed E-state index contributed by atoms with van der Waals surface area (Å²) in [5, 5.41) is 11.6. The molecule has 0 aliphatic carbocycles. The second-order valence-electron chi connectivity index (χ2n) is 6.08. The van der Waals surface area contributed by atoms with Crippen molar-refractivity contribution in [1.82, 2.24) is 19.6 Å². The number of nitrogens with zero attached hydrogens (tertiary/aromatic N) is 4. The van der Waals surface area contributed by atoms with Gasteiger partial charge in [0.25, 0.3) is 5.91 Å². The maximum atomic E-state index is 12.5. The van der Waals surface area contributed by atoms with Crippen molar-refractivity contribution in [1.29, 1.82) is 0 Å². The lowest BCUT2D eigenvalue weighted by molar-refractivity contribution is 0.102. The number of carbonyl (C=O) groups excluding carboxylic acids is 1. The Balaban J connectivity index is 1.72. The van der Waals surface area contributed by atoms with Crippen molar-refractivity contribution in [3.63, 3.8) is 0 Å². The van der Waals surface area contributed by atoms with Crippen LogP contribution < -0.4 is 10.1 Å². The van der Waals surface area contributed by atoms with Crippen molar-refractivity contribution >= 4 is 11.6 Å². The average Bonchev–Trinajstić information content (AvgIpc) is 3.22. The van der Waals surface area contributed by atoms with Crippen molar-refractivity contribution in [2.24, 2.45) is 0 Å². The Hall–Kier alpha value is -3.09. The van der Waals surface area contributed by atoms with E-state index in [1.165, 1.54) is 0 Å². The summed E-state index contributed by atoms with van der Waals surface area (Å²) >= 11 is 0. The van der Waals surface area contributed by atoms with Crippen molar-refractivity contribution in [2.45, 2.75) is 33.9 Å². The smallest absolute Gasteiger partial charge is 0.256 e. The van der Waals surface area contributed by atoms with Gasteiger partial charge in [0.05, 0.1) is 31.7 Å². The van der Waals surface area contributed by atoms with Crippen LogP contribution in [0.15, 0.2) is 36.8 Å². The van der Waals surface area contributed by atoms with Crippen LogP contribution in [-0.4, -0.2) is 32.6 Å². The molecule has 2 aromatic heterocycles. The Bertz CT molecular complexity index is 926. The van der Waals surface area contributed by atoms with E-state index in [-0.39, 0.29) is 5.91 Å². The highest BCUT2D eigenvalue weighted by molar-refractivity contribution is 6.05. The van der Waals surface area contributed by atoms with Crippen LogP contribution in [0.25, 0.3) is 0 Å². The topological polar surface area (TPSA) is 74.0 Å². The fourth-order valence-corrected chi connectivity index (χ4v) is 2.93. The van der Waals surface area contributed by atoms with Crippen LogP contribution in [-0.2, 0) is 13.1 Å². The third kappa shape index (κ3) is 3.46. The molecule has 0 saturated heterocycles. The van der Waals surface area contributed by atoms with Crippen molar-refractivity contribution in [3.8, 4) is 5.75 Å². The number of amides is 1. The van der Waals surface area contributed by atoms with Gasteiger partial charge in [0.2, 0.25) is 0 Å². The summed E-state index contributed by atoms with van der Waals surface area (Å²) in [5.74, 6) is 0.507. The molecule has 1 amide bonds. The molecule has 0 radical (unpaired) electrons. The fraction of sp³-hybridized carbons (Fsp3) is 0.316. The monoisotopic (exact) mass is 353 g/mol. The molecule has 7 nitrogen and oxygen atoms in total. The third-order valence-electron chi connectivity index (χ3n) is 4.48. The van der Waals surface area contributed by atoms with E-state index in [1.807, 2.05) is 37.0 Å². The van der Waals surface area contributed by atoms with E-state index < -0.39 is 0 Å². The predicted octanol–water partition coefficient (Wildman–Crippen LogP) is 3.03. The van der Waals surface area contributed by atoms with E-state index in [1.54, 1.807) is 30.1 Å². The van der Waals surface area contributed by atoms with Crippen molar-refractivity contribution in [3.05, 3.63) is 59.2 Å². The number of ether oxygens (including phenoxy) is 1. The Morgan fingerprint density at radius 2 is 2.04 bits per heavy atom. The number of hydrogen-bond acceptors (Lipinski definition) is 4. The first-order chi connectivity index (χ1) is 12.5. The minimum absolute atomic E-state index is 0.184. The molecule has 2 heterocycles. The molecule has 0 aliphatic heterocycles. The van der Waals surface area contributed by atoms with Gasteiger partial charge in [-0.05, 0) is 32.9 Å². The Morgan fingerprint density at radius 3 is 2.73 bits per heavy atom. The van der Waals surface area contributed by atoms with Gasteiger partial charge in [-0.25, -0.2) is 0 Å². The Kier molecular flexibility index (Phi) is 5.06. The van der Waals surface area contributed by atoms with E-state index in [4.69, 9.17) is 4.74 Å². The molecule has 136 valence electrons. The average molecular weight is 353 g/mol. The summed E-state index contributed by atoms with van der Waals surface area (Å²) < 4.78 is 9.02. The molecule has 1 aromatic carbocycles. The van der Waals surface area contributed by atoms with Gasteiger partial charge >= 0.3 is 0 Å². The highest BCUT2D eigenvalue weighted by atomic mass is 16.5. The van der Waals surface area contributed by atoms with Crippen molar-refractivity contribution < 1.29 is 9.53 Å². The number of hydrogen-bond donors (Lipinski definition) is 1. The van der Waals surface area contributed by atoms with Gasteiger partial charge in [-0.1, -0.05) is 6.07 Å². The van der Waals surface area contributed by atoms with Gasteiger partial charge in [-0.3, -0.25) is 14.2 Å². The number of methoxy groups -OCH3 is 1. The SMILES string of the molecule is CCn1ncc(Cn2cc(NC(=O)c3cccc(OC)c3C)cn2)c1C. The molecule has 0 spiro atoms. The lowest BCUT2D eigenvalue weighted by Gasteiger charge is -2.09. The van der Waals surface area contributed by atoms with Crippen LogP contribution in [0.2, 0.25) is 0 Å². The third-order valence-corrected chi connectivity index (χ3v) is 4.48. The standard InChI is InChI=1S/C19H23N5O2/c1-5-24-14(3)15(9-21-24)11-23-12-16(10-20-23)22-19(25)17-7-6-8-18(26-4)13(17)2/h6-10,12H,5,11H2,1-4H3,(H,22,25). The minimum atomic E-state index is -0.184. The van der Waals surface area contributed by atoms with E-state index in [0.717, 1.165) is 23.4 Å². The summed E-state index contributed by atoms with van der Waals surface area (Å²) in [5.41, 5.74) is 4.27. The summed E-state index contributed by atoms with van der Waals surface area (Å²) in [6, 6.07) is 5.42. The highest BCUT2D eigenvalue weighted by Crippen LogP contribution is 2.22. The first-order valence-electron chi connectivity index (χ1n) is 8.52. The van der Waals surface area contributed by atoms with Gasteiger partial charge in [-0.15, -0.1) is 0 Å². The fourth-order valence-electron chi connectivity index (χ4n) is 2.93. The van der Waals surface area contributed by atoms with Crippen LogP contribution in [0, 0.1) is 13.8 Å². The van der Waals surface area contributed by atoms with Crippen LogP contribution in [0.1, 0.15) is 34.1 Å². The molecular formula is C19H23N5O2. The number of rotatable bonds is 6. The number of benzene rings is 1. The quantitative estimate of drug-likeness (QED) is 0.739. The Labute approximate surface area is 152 Å². The maximum Gasteiger partial charge on any atom is 0.256 e. The number of anilines is 1. The van der Waals surface area contributed by atoms with Crippen LogP contribution in [0.3, 0.4) is 0 Å². The number of aromatic nitrogens is 4. The van der Waals surface area contributed by atoms with Gasteiger partial charge in [0, 0.05) is 35.1 Å². The molecule has 0 aliphatic rings. The number of carbonyl (C=O) groups is 1. The molecule has 1 N–H and O–H groups in total. The largest absolute Gasteiger partial charge is 0.496 e. The molecular weight excluding hydrogens is 330 g/mol. The molecule has 7 heteroatoms.